The van der Waals surface area contributed by atoms with E-state index < -0.39 is 11.6 Å². The van der Waals surface area contributed by atoms with E-state index in [0.717, 1.165) is 45.1 Å². The lowest BCUT2D eigenvalue weighted by Crippen LogP contribution is -2.54. The molecule has 2 aromatic rings. The van der Waals surface area contributed by atoms with Crippen LogP contribution < -0.4 is 5.32 Å². The van der Waals surface area contributed by atoms with E-state index in [9.17, 15) is 14.7 Å². The van der Waals surface area contributed by atoms with Crippen molar-refractivity contribution < 1.29 is 23.9 Å². The molecule has 4 rings (SSSR count). The summed E-state index contributed by atoms with van der Waals surface area (Å²) in [7, 11) is 2.00. The minimum absolute atomic E-state index is 0.0262. The molecule has 2 aliphatic rings. The van der Waals surface area contributed by atoms with Crippen LogP contribution in [-0.4, -0.2) is 69.2 Å². The molecule has 1 aliphatic carbocycles. The number of nitrogens with zero attached hydrogens (tertiary/aromatic N) is 4. The number of esters is 1. The molecule has 9 nitrogen and oxygen atoms in total. The van der Waals surface area contributed by atoms with Gasteiger partial charge in [0.05, 0.1) is 13.6 Å². The lowest BCUT2D eigenvalue weighted by atomic mass is 9.80. The third-order valence-corrected chi connectivity index (χ3v) is 7.22. The highest BCUT2D eigenvalue weighted by Gasteiger charge is 2.49. The van der Waals surface area contributed by atoms with E-state index in [1.807, 2.05) is 25.2 Å². The van der Waals surface area contributed by atoms with Crippen LogP contribution in [0, 0.1) is 5.92 Å². The molecule has 176 valence electrons. The number of aromatic nitrogens is 3. The van der Waals surface area contributed by atoms with E-state index in [0.29, 0.717) is 10.0 Å². The normalized spacial score (nSPS) is 24.8. The Labute approximate surface area is 193 Å². The Morgan fingerprint density at radius 1 is 1.12 bits per heavy atom. The third kappa shape index (κ3) is 5.04. The minimum Gasteiger partial charge on any atom is -0.457 e. The van der Waals surface area contributed by atoms with Crippen LogP contribution >= 0.6 is 0 Å². The quantitative estimate of drug-likeness (QED) is 0.463. The van der Waals surface area contributed by atoms with Gasteiger partial charge >= 0.3 is 5.97 Å². The average molecular weight is 455 g/mol. The average Bonchev–Trinajstić information content (AvgIpc) is 3.48. The molecule has 1 amide bonds. The maximum absolute atomic E-state index is 13.3. The fourth-order valence-corrected chi connectivity index (χ4v) is 5.29. The highest BCUT2D eigenvalue weighted by molar-refractivity contribution is 5.89. The SMILES string of the molecule is C[N@+]1(CC(=O)Nc2ncncn2)CCCC1COC(=O)C(O)(c1ccccc1)C1CCCC1. The molecule has 33 heavy (non-hydrogen) atoms. The van der Waals surface area contributed by atoms with Gasteiger partial charge < -0.3 is 14.3 Å². The molecular formula is C24H32N5O4+. The first-order valence-electron chi connectivity index (χ1n) is 11.6. The van der Waals surface area contributed by atoms with Crippen LogP contribution in [0.25, 0.3) is 0 Å². The van der Waals surface area contributed by atoms with Crippen molar-refractivity contribution >= 4 is 17.8 Å². The monoisotopic (exact) mass is 454 g/mol. The molecule has 0 spiro atoms. The summed E-state index contributed by atoms with van der Waals surface area (Å²) in [5.74, 6) is -0.724. The number of nitrogens with one attached hydrogen (secondary N) is 1. The van der Waals surface area contributed by atoms with Crippen LogP contribution in [0.4, 0.5) is 5.95 Å². The molecule has 1 saturated carbocycles. The molecule has 2 N–H and O–H groups in total. The number of carbonyl (C=O) groups excluding carboxylic acids is 2. The van der Waals surface area contributed by atoms with Crippen LogP contribution in [0.1, 0.15) is 44.1 Å². The molecule has 2 unspecified atom stereocenters. The minimum atomic E-state index is -1.64. The van der Waals surface area contributed by atoms with Crippen LogP contribution in [0.3, 0.4) is 0 Å². The summed E-state index contributed by atoms with van der Waals surface area (Å²) < 4.78 is 6.24. The zero-order chi connectivity index (χ0) is 23.3. The Morgan fingerprint density at radius 2 is 1.82 bits per heavy atom. The van der Waals surface area contributed by atoms with Gasteiger partial charge in [-0.15, -0.1) is 0 Å². The Bertz CT molecular complexity index is 954. The highest BCUT2D eigenvalue weighted by atomic mass is 16.6. The lowest BCUT2D eigenvalue weighted by Gasteiger charge is -2.36. The highest BCUT2D eigenvalue weighted by Crippen LogP contribution is 2.41. The fourth-order valence-electron chi connectivity index (χ4n) is 5.29. The van der Waals surface area contributed by atoms with Gasteiger partial charge in [0, 0.05) is 18.8 Å². The molecule has 1 aromatic heterocycles. The number of hydrogen-bond acceptors (Lipinski definition) is 7. The van der Waals surface area contributed by atoms with Gasteiger partial charge in [-0.3, -0.25) is 10.1 Å². The van der Waals surface area contributed by atoms with Crippen molar-refractivity contribution in [3.63, 3.8) is 0 Å². The van der Waals surface area contributed by atoms with E-state index in [4.69, 9.17) is 4.74 Å². The summed E-state index contributed by atoms with van der Waals surface area (Å²) in [6.45, 7) is 1.19. The van der Waals surface area contributed by atoms with E-state index in [1.54, 1.807) is 12.1 Å². The second kappa shape index (κ2) is 9.93. The predicted molar refractivity (Wildman–Crippen MR) is 121 cm³/mol. The van der Waals surface area contributed by atoms with Crippen molar-refractivity contribution in [1.29, 1.82) is 0 Å². The maximum Gasteiger partial charge on any atom is 0.343 e. The Kier molecular flexibility index (Phi) is 6.99. The molecule has 0 radical (unpaired) electrons. The molecule has 1 aromatic carbocycles. The smallest absolute Gasteiger partial charge is 0.343 e. The molecular weight excluding hydrogens is 422 g/mol. The predicted octanol–water partition coefficient (Wildman–Crippen LogP) is 2.04. The Balaban J connectivity index is 1.42. The van der Waals surface area contributed by atoms with Gasteiger partial charge in [0.1, 0.15) is 25.3 Å². The van der Waals surface area contributed by atoms with Gasteiger partial charge in [-0.25, -0.2) is 19.7 Å². The number of benzene rings is 1. The molecule has 2 heterocycles. The molecule has 0 bridgehead atoms. The van der Waals surface area contributed by atoms with Gasteiger partial charge in [0.15, 0.2) is 12.1 Å². The first-order chi connectivity index (χ1) is 15.9. The van der Waals surface area contributed by atoms with Crippen molar-refractivity contribution in [2.75, 3.05) is 32.1 Å². The number of quaternary nitrogens is 1. The van der Waals surface area contributed by atoms with E-state index >= 15 is 0 Å². The number of hydrogen-bond donors (Lipinski definition) is 2. The number of rotatable bonds is 8. The molecule has 3 atom stereocenters. The number of likely N-dealkylation sites (N-methyl/N-ethyl adjacent to an activating group) is 1. The Morgan fingerprint density at radius 3 is 2.52 bits per heavy atom. The van der Waals surface area contributed by atoms with Crippen molar-refractivity contribution in [3.05, 3.63) is 48.5 Å². The van der Waals surface area contributed by atoms with E-state index in [1.165, 1.54) is 12.7 Å². The number of aliphatic hydroxyl groups is 1. The fraction of sp³-hybridized carbons (Fsp3) is 0.542. The summed E-state index contributed by atoms with van der Waals surface area (Å²) in [4.78, 5) is 37.5. The zero-order valence-electron chi connectivity index (χ0n) is 19.0. The van der Waals surface area contributed by atoms with Gasteiger partial charge in [0.25, 0.3) is 5.91 Å². The molecule has 9 heteroatoms. The van der Waals surface area contributed by atoms with Gasteiger partial charge in [-0.1, -0.05) is 43.2 Å². The molecule has 1 saturated heterocycles. The lowest BCUT2D eigenvalue weighted by molar-refractivity contribution is -0.913. The number of anilines is 1. The van der Waals surface area contributed by atoms with Crippen molar-refractivity contribution in [2.45, 2.75) is 50.2 Å². The Hall–Kier alpha value is -2.91. The number of amides is 1. The number of carbonyl (C=O) groups is 2. The molecule has 1 aliphatic heterocycles. The number of ether oxygens (including phenoxy) is 1. The van der Waals surface area contributed by atoms with Crippen molar-refractivity contribution in [3.8, 4) is 0 Å². The topological polar surface area (TPSA) is 114 Å². The summed E-state index contributed by atoms with van der Waals surface area (Å²) in [5.41, 5.74) is -1.06. The van der Waals surface area contributed by atoms with Crippen molar-refractivity contribution in [1.82, 2.24) is 15.0 Å². The van der Waals surface area contributed by atoms with Crippen LogP contribution in [-0.2, 0) is 19.9 Å². The van der Waals surface area contributed by atoms with Gasteiger partial charge in [-0.2, -0.15) is 0 Å². The van der Waals surface area contributed by atoms with Crippen LogP contribution in [0.15, 0.2) is 43.0 Å². The second-order valence-electron chi connectivity index (χ2n) is 9.38. The zero-order valence-corrected chi connectivity index (χ0v) is 19.0. The van der Waals surface area contributed by atoms with E-state index in [2.05, 4.69) is 20.3 Å². The summed E-state index contributed by atoms with van der Waals surface area (Å²) in [6.07, 6.45) is 8.04. The van der Waals surface area contributed by atoms with Gasteiger partial charge in [-0.05, 0) is 18.4 Å². The van der Waals surface area contributed by atoms with Gasteiger partial charge in [0.2, 0.25) is 5.95 Å². The molecule has 2 fully saturated rings. The summed E-state index contributed by atoms with van der Waals surface area (Å²) in [5, 5.41) is 14.3. The summed E-state index contributed by atoms with van der Waals surface area (Å²) in [6, 6.07) is 9.09. The van der Waals surface area contributed by atoms with Crippen LogP contribution in [0.2, 0.25) is 0 Å². The standard InChI is InChI=1S/C24H31N5O4/c1-29(14-21(30)28-23-26-16-25-17-27-23)13-7-12-20(29)15-33-22(31)24(32,19-10-5-6-11-19)18-8-3-2-4-9-18/h2-4,8-9,16-17,19-20,32H,5-7,10-15H2,1H3/p+1/t20?,24?,29-/m1/s1. The third-order valence-electron chi connectivity index (χ3n) is 7.22. The van der Waals surface area contributed by atoms with E-state index in [-0.39, 0.29) is 37.0 Å². The number of likely N-dealkylation sites (tertiary alicyclic amines) is 1. The maximum atomic E-state index is 13.3. The largest absolute Gasteiger partial charge is 0.457 e. The second-order valence-corrected chi connectivity index (χ2v) is 9.38. The summed E-state index contributed by atoms with van der Waals surface area (Å²) >= 11 is 0. The first-order valence-corrected chi connectivity index (χ1v) is 11.6. The first kappa shape index (κ1) is 23.3. The van der Waals surface area contributed by atoms with Crippen molar-refractivity contribution in [2.24, 2.45) is 5.92 Å². The van der Waals surface area contributed by atoms with Crippen LogP contribution in [0.5, 0.6) is 0 Å².